The molecule has 3 aliphatic rings. The molecule has 4 aromatic carbocycles. The molecule has 24 nitrogen and oxygen atoms in total. The number of ether oxygens (including phenoxy) is 2. The number of ketones is 2. The lowest BCUT2D eigenvalue weighted by atomic mass is 9.86. The van der Waals surface area contributed by atoms with E-state index in [0.717, 1.165) is 76.1 Å². The average Bonchev–Trinajstić information content (AvgIpc) is 3.88. The SMILES string of the molecule is CCCCCOc1ccc(-c2ccc(-c3ccc(C(=O)C[C@H]4C[C@@H](O)[C@@H](OCC[N+](C)(C)C)NC(=O)C5C(O)[C@@H](C)CN5C(=O)[C@H]([C@@H](C)O)NC(=O)C(C(O)[C@@H](O)c5ccc(O)c(N)c5)CC(=O)[C@@H]5C[C@@H](O)CN5C(=O)[C@H]([C@@H](C)O)NC4=O)cc3)cc2)cc1. The van der Waals surface area contributed by atoms with Crippen LogP contribution in [0.4, 0.5) is 5.69 Å². The normalized spacial score (nSPS) is 26.7. The molecule has 0 radical (unpaired) electrons. The second-order valence-corrected chi connectivity index (χ2v) is 25.0. The number of hydrogen-bond acceptors (Lipinski definition) is 18. The molecule has 3 saturated heterocycles. The van der Waals surface area contributed by atoms with E-state index in [9.17, 15) is 74.4 Å². The van der Waals surface area contributed by atoms with Gasteiger partial charge in [-0.25, -0.2) is 0 Å². The molecule has 0 spiro atoms. The number of rotatable bonds is 19. The summed E-state index contributed by atoms with van der Waals surface area (Å²) in [6.45, 7) is 5.95. The van der Waals surface area contributed by atoms with E-state index in [0.29, 0.717) is 17.6 Å². The first kappa shape index (κ1) is 69.1. The summed E-state index contributed by atoms with van der Waals surface area (Å²) in [6.07, 6.45) is -13.8. The molecule has 4 unspecified atom stereocenters. The van der Waals surface area contributed by atoms with Gasteiger partial charge in [0.15, 0.2) is 17.8 Å². The third-order valence-corrected chi connectivity index (χ3v) is 16.8. The third kappa shape index (κ3) is 17.5. The van der Waals surface area contributed by atoms with Crippen LogP contribution in [0, 0.1) is 17.8 Å². The number of nitrogens with two attached hydrogens (primary N) is 1. The van der Waals surface area contributed by atoms with Crippen molar-refractivity contribution >= 4 is 46.8 Å². The number of carbonyl (C=O) groups is 7. The second kappa shape index (κ2) is 30.4. The molecule has 24 heteroatoms. The number of aromatic hydroxyl groups is 1. The van der Waals surface area contributed by atoms with E-state index >= 15 is 0 Å². The molecule has 15 atom stereocenters. The molecule has 89 heavy (non-hydrogen) atoms. The predicted molar refractivity (Wildman–Crippen MR) is 327 cm³/mol. The molecule has 0 bridgehead atoms. The number of amides is 5. The number of quaternary nitrogens is 1. The summed E-state index contributed by atoms with van der Waals surface area (Å²) in [5, 5.41) is 98.4. The molecule has 5 amide bonds. The first-order valence-corrected chi connectivity index (χ1v) is 30.4. The van der Waals surface area contributed by atoms with Gasteiger partial charge in [-0.15, -0.1) is 0 Å². The van der Waals surface area contributed by atoms with Crippen molar-refractivity contribution in [1.29, 1.82) is 0 Å². The fourth-order valence-corrected chi connectivity index (χ4v) is 11.4. The number of aliphatic hydroxyl groups excluding tert-OH is 7. The number of benzene rings is 4. The molecule has 4 aromatic rings. The number of anilines is 1. The van der Waals surface area contributed by atoms with Crippen LogP contribution in [0.3, 0.4) is 0 Å². The highest BCUT2D eigenvalue weighted by molar-refractivity contribution is 6.01. The number of Topliss-reactive ketones (excluding diaryl/α,β-unsaturated/α-hetero) is 2. The number of carbonyl (C=O) groups excluding carboxylic acids is 7. The van der Waals surface area contributed by atoms with Gasteiger partial charge in [0.1, 0.15) is 42.3 Å². The minimum atomic E-state index is -2.23. The molecule has 3 heterocycles. The monoisotopic (exact) mass is 1240 g/mol. The van der Waals surface area contributed by atoms with Crippen LogP contribution < -0.4 is 26.4 Å². The van der Waals surface area contributed by atoms with Crippen molar-refractivity contribution in [2.75, 3.05) is 59.7 Å². The number of nitrogen functional groups attached to an aromatic ring is 1. The Morgan fingerprint density at radius 3 is 1.83 bits per heavy atom. The number of likely N-dealkylation sites (N-methyl/N-ethyl adjacent to an activating group) is 1. The number of phenolic OH excluding ortho intramolecular Hbond substituents is 1. The summed E-state index contributed by atoms with van der Waals surface area (Å²) in [6, 6.07) is 18.5. The van der Waals surface area contributed by atoms with E-state index in [-0.39, 0.29) is 35.7 Å². The highest BCUT2D eigenvalue weighted by Gasteiger charge is 2.50. The van der Waals surface area contributed by atoms with Crippen molar-refractivity contribution in [2.45, 2.75) is 146 Å². The number of fused-ring (bicyclic) bond motifs is 2. The average molecular weight is 1240 g/mol. The summed E-state index contributed by atoms with van der Waals surface area (Å²) in [4.78, 5) is 105. The van der Waals surface area contributed by atoms with Gasteiger partial charge in [0, 0.05) is 49.8 Å². The number of hydrogen-bond donors (Lipinski definition) is 12. The van der Waals surface area contributed by atoms with Crippen LogP contribution in [0.1, 0.15) is 94.7 Å². The summed E-state index contributed by atoms with van der Waals surface area (Å²) >= 11 is 0. The summed E-state index contributed by atoms with van der Waals surface area (Å²) in [5.41, 5.74) is 9.25. The van der Waals surface area contributed by atoms with Gasteiger partial charge in [-0.2, -0.15) is 0 Å². The van der Waals surface area contributed by atoms with Crippen molar-refractivity contribution in [3.63, 3.8) is 0 Å². The maximum atomic E-state index is 14.9. The standard InChI is InChI=1S/C65H87N7O17/c1-8-9-10-26-88-46-22-19-41(20-23-46)39-13-11-38(12-14-39)40-15-17-42(18-16-40)51(77)29-44-30-53(79)63(89-27-25-72(5,6)7)69-62(85)56-57(80)35(2)33-71(56)65(87)55(37(4)74)68-61(84)47(59(82)58(81)43-21-24-50(76)48(66)28-43)32-52(78)49-31-45(75)34-70(49)64(86)54(36(3)73)67-60(44)83/h11-24,28,35-37,44-45,47,49,53-59,63,73-75,79-82H,8-10,25-27,29-34,66H2,1-7H3,(H3-,67,68,69,76,83,84,85)/p+1/t35-,36+,37+,44-,45+,47?,49-,53+,54-,55-,56?,57?,58-,59?,63+/m0/s1. The van der Waals surface area contributed by atoms with Crippen LogP contribution in [0.2, 0.25) is 0 Å². The molecule has 7 rings (SSSR count). The second-order valence-electron chi connectivity index (χ2n) is 25.0. The smallest absolute Gasteiger partial charge is 0.248 e. The highest BCUT2D eigenvalue weighted by Crippen LogP contribution is 2.34. The Morgan fingerprint density at radius 1 is 0.708 bits per heavy atom. The van der Waals surface area contributed by atoms with E-state index in [4.69, 9.17) is 15.2 Å². The van der Waals surface area contributed by atoms with Crippen molar-refractivity contribution < 1.29 is 88.4 Å². The first-order chi connectivity index (χ1) is 42.1. The van der Waals surface area contributed by atoms with Gasteiger partial charge in [-0.05, 0) is 78.8 Å². The van der Waals surface area contributed by atoms with Crippen molar-refractivity contribution in [3.8, 4) is 33.8 Å². The minimum Gasteiger partial charge on any atom is -0.506 e. The van der Waals surface area contributed by atoms with Gasteiger partial charge in [0.25, 0.3) is 0 Å². The molecule has 3 fully saturated rings. The van der Waals surface area contributed by atoms with Gasteiger partial charge < -0.3 is 86.3 Å². The van der Waals surface area contributed by atoms with Crippen LogP contribution in [-0.4, -0.2) is 217 Å². The summed E-state index contributed by atoms with van der Waals surface area (Å²) < 4.78 is 12.4. The number of unbranched alkanes of at least 4 members (excludes halogenated alkanes) is 2. The first-order valence-electron chi connectivity index (χ1n) is 30.4. The lowest BCUT2D eigenvalue weighted by Gasteiger charge is -2.34. The van der Waals surface area contributed by atoms with Gasteiger partial charge in [-0.1, -0.05) is 93.4 Å². The van der Waals surface area contributed by atoms with Crippen LogP contribution >= 0.6 is 0 Å². The zero-order chi connectivity index (χ0) is 65.2. The topological polar surface area (TPSA) is 368 Å². The van der Waals surface area contributed by atoms with Gasteiger partial charge >= 0.3 is 0 Å². The van der Waals surface area contributed by atoms with E-state index in [1.165, 1.54) is 19.9 Å². The molecule has 0 aliphatic carbocycles. The summed E-state index contributed by atoms with van der Waals surface area (Å²) in [5.74, 6) is -11.2. The van der Waals surface area contributed by atoms with E-state index in [2.05, 4.69) is 22.9 Å². The lowest BCUT2D eigenvalue weighted by Crippen LogP contribution is -2.61. The largest absolute Gasteiger partial charge is 0.506 e. The Labute approximate surface area is 518 Å². The zero-order valence-electron chi connectivity index (χ0n) is 51.5. The molecule has 13 N–H and O–H groups in total. The van der Waals surface area contributed by atoms with E-state index in [1.54, 1.807) is 24.3 Å². The summed E-state index contributed by atoms with van der Waals surface area (Å²) in [7, 11) is 5.55. The maximum absolute atomic E-state index is 14.9. The van der Waals surface area contributed by atoms with Crippen molar-refractivity contribution in [1.82, 2.24) is 25.8 Å². The van der Waals surface area contributed by atoms with Gasteiger partial charge in [0.05, 0.1) is 88.6 Å². The van der Waals surface area contributed by atoms with Crippen LogP contribution in [-0.2, 0) is 33.5 Å². The zero-order valence-corrected chi connectivity index (χ0v) is 51.5. The Morgan fingerprint density at radius 2 is 1.27 bits per heavy atom. The van der Waals surface area contributed by atoms with Crippen LogP contribution in [0.25, 0.3) is 22.3 Å². The Balaban J connectivity index is 1.24. The quantitative estimate of drug-likeness (QED) is 0.0208. The van der Waals surface area contributed by atoms with E-state index in [1.807, 2.05) is 69.7 Å². The van der Waals surface area contributed by atoms with Crippen molar-refractivity contribution in [2.24, 2.45) is 17.8 Å². The number of nitrogens with zero attached hydrogens (tertiary/aromatic N) is 3. The Bertz CT molecular complexity index is 3100. The molecular weight excluding hydrogens is 1150 g/mol. The molecule has 0 saturated carbocycles. The Hall–Kier alpha value is -7.39. The highest BCUT2D eigenvalue weighted by atomic mass is 16.5. The van der Waals surface area contributed by atoms with Crippen LogP contribution in [0.5, 0.6) is 11.5 Å². The third-order valence-electron chi connectivity index (χ3n) is 16.8. The Kier molecular flexibility index (Phi) is 23.6. The lowest BCUT2D eigenvalue weighted by molar-refractivity contribution is -0.870. The molecule has 3 aliphatic heterocycles. The molecule has 484 valence electrons. The fourth-order valence-electron chi connectivity index (χ4n) is 11.4. The van der Waals surface area contributed by atoms with Crippen LogP contribution in [0.15, 0.2) is 91.0 Å². The fraction of sp³-hybridized carbons (Fsp3) is 0.523. The van der Waals surface area contributed by atoms with Gasteiger partial charge in [-0.3, -0.25) is 33.6 Å². The van der Waals surface area contributed by atoms with Gasteiger partial charge in [0.2, 0.25) is 29.5 Å². The number of phenols is 1. The number of nitrogens with one attached hydrogen (secondary N) is 3. The molecule has 0 aromatic heterocycles. The number of aliphatic hydroxyl groups is 7. The van der Waals surface area contributed by atoms with Crippen molar-refractivity contribution in [3.05, 3.63) is 102 Å². The predicted octanol–water partition coefficient (Wildman–Crippen LogP) is 1.57. The molecular formula is C65H88N7O17+. The maximum Gasteiger partial charge on any atom is 0.248 e. The minimum absolute atomic E-state index is 0.122. The van der Waals surface area contributed by atoms with E-state index < -0.39 is 164 Å².